The van der Waals surface area contributed by atoms with Crippen LogP contribution >= 0.6 is 0 Å². The number of alkyl carbamates (subject to hydrolysis) is 1. The molecule has 1 aliphatic carbocycles. The van der Waals surface area contributed by atoms with Gasteiger partial charge in [0.1, 0.15) is 12.1 Å². The summed E-state index contributed by atoms with van der Waals surface area (Å²) in [6.45, 7) is 7.11. The zero-order chi connectivity index (χ0) is 29.9. The number of carbonyl (C=O) groups is 5. The second kappa shape index (κ2) is 12.4. The van der Waals surface area contributed by atoms with Crippen LogP contribution in [0, 0.1) is 10.8 Å². The van der Waals surface area contributed by atoms with Gasteiger partial charge in [0.25, 0.3) is 5.91 Å². The van der Waals surface area contributed by atoms with E-state index in [1.54, 1.807) is 20.8 Å². The van der Waals surface area contributed by atoms with E-state index in [9.17, 15) is 32.8 Å². The molecule has 2 heterocycles. The number of carbonyl (C=O) groups excluding carboxylic acids is 5. The van der Waals surface area contributed by atoms with Gasteiger partial charge in [-0.25, -0.2) is 13.6 Å². The van der Waals surface area contributed by atoms with Crippen LogP contribution in [-0.4, -0.2) is 91.5 Å². The van der Waals surface area contributed by atoms with Crippen molar-refractivity contribution in [2.75, 3.05) is 26.9 Å². The van der Waals surface area contributed by atoms with E-state index in [1.807, 2.05) is 0 Å². The largest absolute Gasteiger partial charge is 0.453 e. The van der Waals surface area contributed by atoms with E-state index in [2.05, 4.69) is 16.0 Å². The Kier molecular flexibility index (Phi) is 9.79. The fourth-order valence-corrected chi connectivity index (χ4v) is 5.26. The number of ketones is 1. The first-order valence-corrected chi connectivity index (χ1v) is 13.8. The van der Waals surface area contributed by atoms with Gasteiger partial charge in [0.15, 0.2) is 0 Å². The Morgan fingerprint density at radius 1 is 1.05 bits per heavy atom. The molecular formula is C27H42F2N4O7. The summed E-state index contributed by atoms with van der Waals surface area (Å²) in [7, 11) is 1.18. The second-order valence-electron chi connectivity index (χ2n) is 12.5. The van der Waals surface area contributed by atoms with Crippen LogP contribution in [0.2, 0.25) is 0 Å². The number of methoxy groups -OCH3 is 1. The average molecular weight is 573 g/mol. The Morgan fingerprint density at radius 3 is 2.20 bits per heavy atom. The molecule has 11 nitrogen and oxygen atoms in total. The standard InChI is InChI=1S/C27H42F2N4O7/c1-25(2,3)20(32-24(38)39-5)23(37)33-15-27(10-12-40-13-11-27)14-18(33)21(35)31-17(8-9-26(4,28)29)19(34)22(36)30-16-6-7-16/h16-18,20H,6-15H2,1-5H3,(H,30,36)(H,31,35)(H,32,38)/t17-,18?,20+/m0/s1. The number of hydrogen-bond donors (Lipinski definition) is 3. The monoisotopic (exact) mass is 572 g/mol. The number of rotatable bonds is 10. The van der Waals surface area contributed by atoms with Crippen molar-refractivity contribution in [3.8, 4) is 0 Å². The van der Waals surface area contributed by atoms with Crippen LogP contribution < -0.4 is 16.0 Å². The first-order valence-electron chi connectivity index (χ1n) is 13.8. The summed E-state index contributed by atoms with van der Waals surface area (Å²) in [5.41, 5.74) is -1.17. The summed E-state index contributed by atoms with van der Waals surface area (Å²) < 4.78 is 37.6. The Labute approximate surface area is 233 Å². The molecule has 2 saturated heterocycles. The van der Waals surface area contributed by atoms with Gasteiger partial charge in [-0.05, 0) is 56.3 Å². The van der Waals surface area contributed by atoms with Gasteiger partial charge < -0.3 is 30.3 Å². The van der Waals surface area contributed by atoms with E-state index in [1.165, 1.54) is 12.0 Å². The van der Waals surface area contributed by atoms with E-state index in [4.69, 9.17) is 9.47 Å². The molecule has 1 unspecified atom stereocenters. The molecule has 3 aliphatic rings. The van der Waals surface area contributed by atoms with Crippen LogP contribution in [0.1, 0.15) is 72.6 Å². The van der Waals surface area contributed by atoms with Gasteiger partial charge in [0.2, 0.25) is 23.5 Å². The highest BCUT2D eigenvalue weighted by Crippen LogP contribution is 2.44. The van der Waals surface area contributed by atoms with E-state index in [0.29, 0.717) is 33.0 Å². The molecule has 0 aromatic carbocycles. The maximum atomic E-state index is 13.9. The third-order valence-electron chi connectivity index (χ3n) is 7.85. The predicted octanol–water partition coefficient (Wildman–Crippen LogP) is 1.92. The maximum absolute atomic E-state index is 13.9. The smallest absolute Gasteiger partial charge is 0.407 e. The zero-order valence-electron chi connectivity index (χ0n) is 23.9. The number of likely N-dealkylation sites (tertiary alicyclic amines) is 1. The topological polar surface area (TPSA) is 143 Å². The molecule has 4 amide bonds. The van der Waals surface area contributed by atoms with Crippen LogP contribution in [-0.2, 0) is 28.7 Å². The van der Waals surface area contributed by atoms with E-state index in [0.717, 1.165) is 12.8 Å². The number of nitrogens with one attached hydrogen (secondary N) is 3. The molecule has 0 aromatic rings. The molecule has 3 atom stereocenters. The predicted molar refractivity (Wildman–Crippen MR) is 139 cm³/mol. The molecule has 0 bridgehead atoms. The molecule has 3 rings (SSSR count). The van der Waals surface area contributed by atoms with Gasteiger partial charge in [0, 0.05) is 32.2 Å². The van der Waals surface area contributed by atoms with Gasteiger partial charge >= 0.3 is 6.09 Å². The number of nitrogens with zero attached hydrogens (tertiary/aromatic N) is 1. The maximum Gasteiger partial charge on any atom is 0.407 e. The first kappa shape index (κ1) is 31.7. The molecule has 1 spiro atoms. The van der Waals surface area contributed by atoms with Gasteiger partial charge in [-0.2, -0.15) is 0 Å². The summed E-state index contributed by atoms with van der Waals surface area (Å²) in [6.07, 6.45) is 0.943. The van der Waals surface area contributed by atoms with Crippen molar-refractivity contribution < 1.29 is 42.2 Å². The number of ether oxygens (including phenoxy) is 2. The van der Waals surface area contributed by atoms with Crippen LogP contribution in [0.3, 0.4) is 0 Å². The molecule has 3 fully saturated rings. The fraction of sp³-hybridized carbons (Fsp3) is 0.815. The van der Waals surface area contributed by atoms with Crippen molar-refractivity contribution in [3.05, 3.63) is 0 Å². The van der Waals surface area contributed by atoms with Crippen molar-refractivity contribution in [1.29, 1.82) is 0 Å². The Bertz CT molecular complexity index is 984. The second-order valence-corrected chi connectivity index (χ2v) is 12.5. The van der Waals surface area contributed by atoms with Crippen molar-refractivity contribution in [1.82, 2.24) is 20.9 Å². The lowest BCUT2D eigenvalue weighted by Gasteiger charge is -2.36. The van der Waals surface area contributed by atoms with Crippen molar-refractivity contribution in [3.63, 3.8) is 0 Å². The number of alkyl halides is 2. The van der Waals surface area contributed by atoms with E-state index >= 15 is 0 Å². The lowest BCUT2D eigenvalue weighted by atomic mass is 9.78. The normalized spacial score (nSPS) is 22.3. The average Bonchev–Trinajstić information content (AvgIpc) is 3.61. The molecule has 3 N–H and O–H groups in total. The molecule has 0 radical (unpaired) electrons. The van der Waals surface area contributed by atoms with Crippen molar-refractivity contribution >= 4 is 29.6 Å². The molecule has 40 heavy (non-hydrogen) atoms. The summed E-state index contributed by atoms with van der Waals surface area (Å²) in [5.74, 6) is -6.25. The lowest BCUT2D eigenvalue weighted by molar-refractivity contribution is -0.144. The summed E-state index contributed by atoms with van der Waals surface area (Å²) in [5, 5.41) is 7.64. The minimum absolute atomic E-state index is 0.131. The molecular weight excluding hydrogens is 530 g/mol. The summed E-state index contributed by atoms with van der Waals surface area (Å²) in [4.78, 5) is 66.5. The highest BCUT2D eigenvalue weighted by molar-refractivity contribution is 6.38. The van der Waals surface area contributed by atoms with E-state index in [-0.39, 0.29) is 19.0 Å². The number of halogens is 2. The molecule has 1 saturated carbocycles. The SMILES string of the molecule is COC(=O)N[C@H](C(=O)N1CC2(CCOCC2)CC1C(=O)N[C@@H](CCC(C)(F)F)C(=O)C(=O)NC1CC1)C(C)(C)C. The first-order chi connectivity index (χ1) is 18.5. The Hall–Kier alpha value is -2.83. The number of amides is 4. The summed E-state index contributed by atoms with van der Waals surface area (Å²) >= 11 is 0. The Morgan fingerprint density at radius 2 is 1.68 bits per heavy atom. The van der Waals surface area contributed by atoms with Crippen LogP contribution in [0.5, 0.6) is 0 Å². The molecule has 2 aliphatic heterocycles. The fourth-order valence-electron chi connectivity index (χ4n) is 5.26. The van der Waals surface area contributed by atoms with Crippen molar-refractivity contribution in [2.45, 2.75) is 103 Å². The molecule has 0 aromatic heterocycles. The van der Waals surface area contributed by atoms with Crippen LogP contribution in [0.15, 0.2) is 0 Å². The molecule has 226 valence electrons. The molecule has 13 heteroatoms. The van der Waals surface area contributed by atoms with E-state index < -0.39 is 77.3 Å². The third kappa shape index (κ3) is 8.34. The number of hydrogen-bond acceptors (Lipinski definition) is 7. The quantitative estimate of drug-likeness (QED) is 0.340. The van der Waals surface area contributed by atoms with Gasteiger partial charge in [-0.3, -0.25) is 19.2 Å². The number of Topliss-reactive ketones (excluding diaryl/α,β-unsaturated/α-hetero) is 1. The zero-order valence-corrected chi connectivity index (χ0v) is 23.9. The lowest BCUT2D eigenvalue weighted by Crippen LogP contribution is -2.59. The van der Waals surface area contributed by atoms with Crippen LogP contribution in [0.25, 0.3) is 0 Å². The highest BCUT2D eigenvalue weighted by atomic mass is 19.3. The Balaban J connectivity index is 1.87. The summed E-state index contributed by atoms with van der Waals surface area (Å²) in [6, 6.07) is -3.69. The van der Waals surface area contributed by atoms with Gasteiger partial charge in [-0.15, -0.1) is 0 Å². The van der Waals surface area contributed by atoms with Gasteiger partial charge in [0.05, 0.1) is 13.2 Å². The minimum atomic E-state index is -3.11. The third-order valence-corrected chi connectivity index (χ3v) is 7.85. The van der Waals surface area contributed by atoms with Crippen molar-refractivity contribution in [2.24, 2.45) is 10.8 Å². The van der Waals surface area contributed by atoms with Gasteiger partial charge in [-0.1, -0.05) is 20.8 Å². The minimum Gasteiger partial charge on any atom is -0.453 e. The van der Waals surface area contributed by atoms with Crippen LogP contribution in [0.4, 0.5) is 13.6 Å². The highest BCUT2D eigenvalue weighted by Gasteiger charge is 2.52.